The molecule has 2 unspecified atom stereocenters. The molecule has 1 aliphatic heterocycles. The van der Waals surface area contributed by atoms with Gasteiger partial charge in [0.25, 0.3) is 0 Å². The summed E-state index contributed by atoms with van der Waals surface area (Å²) in [4.78, 5) is 0. The molecular weight excluding hydrogens is 140 g/mol. The van der Waals surface area contributed by atoms with Gasteiger partial charge in [-0.15, -0.1) is 0 Å². The Labute approximate surface area is 66.5 Å². The number of ether oxygens (including phenoxy) is 2. The van der Waals surface area contributed by atoms with E-state index >= 15 is 0 Å². The maximum absolute atomic E-state index is 5.32. The maximum atomic E-state index is 5.32. The summed E-state index contributed by atoms with van der Waals surface area (Å²) in [6.45, 7) is 2.58. The van der Waals surface area contributed by atoms with E-state index in [0.29, 0.717) is 12.7 Å². The van der Waals surface area contributed by atoms with Crippen LogP contribution in [0.25, 0.3) is 0 Å². The Hall–Kier alpha value is -0.600. The van der Waals surface area contributed by atoms with Gasteiger partial charge in [0.2, 0.25) is 0 Å². The Morgan fingerprint density at radius 3 is 2.09 bits per heavy atom. The average Bonchev–Trinajstić information content (AvgIpc) is 2.38. The van der Waals surface area contributed by atoms with Gasteiger partial charge in [0.05, 0.1) is 0 Å². The first kappa shape index (κ1) is 7.07. The first-order valence-corrected chi connectivity index (χ1v) is 3.96. The molecule has 1 heterocycles. The van der Waals surface area contributed by atoms with Crippen LogP contribution in [0.3, 0.4) is 0 Å². The van der Waals surface area contributed by atoms with Crippen LogP contribution in [0.2, 0.25) is 0 Å². The Kier molecular flexibility index (Phi) is 1.80. The highest BCUT2D eigenvalue weighted by atomic mass is 16.7. The molecule has 1 aliphatic carbocycles. The van der Waals surface area contributed by atoms with Gasteiger partial charge in [-0.3, -0.25) is 0 Å². The van der Waals surface area contributed by atoms with Gasteiger partial charge in [-0.1, -0.05) is 31.2 Å². The van der Waals surface area contributed by atoms with Crippen LogP contribution in [0.5, 0.6) is 0 Å². The van der Waals surface area contributed by atoms with Gasteiger partial charge < -0.3 is 9.47 Å². The summed E-state index contributed by atoms with van der Waals surface area (Å²) in [5.74, 6) is 0.507. The van der Waals surface area contributed by atoms with E-state index in [4.69, 9.17) is 9.47 Å². The minimum absolute atomic E-state index is 0.149. The van der Waals surface area contributed by atoms with Crippen LogP contribution in [0.4, 0.5) is 0 Å². The van der Waals surface area contributed by atoms with Crippen molar-refractivity contribution in [2.75, 3.05) is 6.79 Å². The molecule has 1 saturated heterocycles. The van der Waals surface area contributed by atoms with E-state index in [9.17, 15) is 0 Å². The monoisotopic (exact) mass is 152 g/mol. The van der Waals surface area contributed by atoms with E-state index in [0.717, 1.165) is 0 Å². The van der Waals surface area contributed by atoms with Gasteiger partial charge in [-0.25, -0.2) is 0 Å². The van der Waals surface area contributed by atoms with Gasteiger partial charge in [0.1, 0.15) is 19.0 Å². The molecule has 2 aliphatic rings. The third kappa shape index (κ3) is 1.37. The Morgan fingerprint density at radius 2 is 1.55 bits per heavy atom. The van der Waals surface area contributed by atoms with E-state index in [1.807, 2.05) is 0 Å². The molecule has 0 radical (unpaired) electrons. The highest BCUT2D eigenvalue weighted by molar-refractivity contribution is 5.13. The van der Waals surface area contributed by atoms with Crippen molar-refractivity contribution in [3.8, 4) is 0 Å². The van der Waals surface area contributed by atoms with Crippen LogP contribution < -0.4 is 0 Å². The Morgan fingerprint density at radius 1 is 1.00 bits per heavy atom. The second-order valence-electron chi connectivity index (χ2n) is 3.01. The molecule has 0 N–H and O–H groups in total. The number of fused-ring (bicyclic) bond motifs is 1. The summed E-state index contributed by atoms with van der Waals surface area (Å²) in [5.41, 5.74) is 0. The largest absolute Gasteiger partial charge is 0.345 e. The lowest BCUT2D eigenvalue weighted by Gasteiger charge is -2.05. The van der Waals surface area contributed by atoms with E-state index in [1.54, 1.807) is 0 Å². The van der Waals surface area contributed by atoms with Crippen molar-refractivity contribution in [3.63, 3.8) is 0 Å². The van der Waals surface area contributed by atoms with Crippen molar-refractivity contribution >= 4 is 0 Å². The molecule has 0 aromatic carbocycles. The predicted octanol–water partition coefficient (Wildman–Crippen LogP) is 1.49. The lowest BCUT2D eigenvalue weighted by Crippen LogP contribution is -2.16. The van der Waals surface area contributed by atoms with E-state index < -0.39 is 0 Å². The van der Waals surface area contributed by atoms with Crippen molar-refractivity contribution in [1.29, 1.82) is 0 Å². The maximum Gasteiger partial charge on any atom is 0.148 e. The van der Waals surface area contributed by atoms with Gasteiger partial charge in [0.15, 0.2) is 0 Å². The zero-order valence-electron chi connectivity index (χ0n) is 6.57. The summed E-state index contributed by atoms with van der Waals surface area (Å²) < 4.78 is 10.6. The average molecular weight is 152 g/mol. The summed E-state index contributed by atoms with van der Waals surface area (Å²) in [7, 11) is 0. The van der Waals surface area contributed by atoms with Crippen LogP contribution in [0, 0.1) is 5.92 Å². The number of rotatable bonds is 0. The van der Waals surface area contributed by atoms with Gasteiger partial charge in [-0.05, 0) is 5.92 Å². The Balaban J connectivity index is 2.17. The number of allylic oxidation sites excluding steroid dienone is 2. The van der Waals surface area contributed by atoms with Crippen LogP contribution in [0.15, 0.2) is 24.3 Å². The number of hydrogen-bond donors (Lipinski definition) is 0. The second-order valence-corrected chi connectivity index (χ2v) is 3.01. The van der Waals surface area contributed by atoms with Crippen molar-refractivity contribution in [2.24, 2.45) is 5.92 Å². The third-order valence-electron chi connectivity index (χ3n) is 2.05. The zero-order chi connectivity index (χ0) is 7.68. The molecule has 0 bridgehead atoms. The smallest absolute Gasteiger partial charge is 0.148 e. The summed E-state index contributed by atoms with van der Waals surface area (Å²) in [6, 6.07) is 0. The molecule has 0 saturated carbocycles. The first-order chi connectivity index (χ1) is 5.36. The lowest BCUT2D eigenvalue weighted by atomic mass is 10.2. The molecule has 11 heavy (non-hydrogen) atoms. The van der Waals surface area contributed by atoms with Gasteiger partial charge >= 0.3 is 0 Å². The SMILES string of the molecule is CC1C=CC2OCOC2C=C1. The van der Waals surface area contributed by atoms with Gasteiger partial charge in [0, 0.05) is 0 Å². The highest BCUT2D eigenvalue weighted by Crippen LogP contribution is 2.20. The molecule has 2 atom stereocenters. The fourth-order valence-electron chi connectivity index (χ4n) is 1.35. The highest BCUT2D eigenvalue weighted by Gasteiger charge is 2.25. The molecule has 1 fully saturated rings. The molecule has 0 spiro atoms. The standard InChI is InChI=1S/C9H12O2/c1-7-2-4-8-9(5-3-7)11-6-10-8/h2-5,7-9H,6H2,1H3. The van der Waals surface area contributed by atoms with Crippen molar-refractivity contribution in [2.45, 2.75) is 19.1 Å². The second kappa shape index (κ2) is 2.80. The van der Waals surface area contributed by atoms with E-state index in [-0.39, 0.29) is 12.2 Å². The molecule has 2 rings (SSSR count). The fourth-order valence-corrected chi connectivity index (χ4v) is 1.35. The van der Waals surface area contributed by atoms with E-state index in [2.05, 4.69) is 31.2 Å². The van der Waals surface area contributed by atoms with Crippen molar-refractivity contribution in [3.05, 3.63) is 24.3 Å². The molecule has 2 heteroatoms. The Bertz CT molecular complexity index is 176. The number of hydrogen-bond acceptors (Lipinski definition) is 2. The summed E-state index contributed by atoms with van der Waals surface area (Å²) in [5, 5.41) is 0. The zero-order valence-corrected chi connectivity index (χ0v) is 6.57. The minimum Gasteiger partial charge on any atom is -0.345 e. The summed E-state index contributed by atoms with van der Waals surface area (Å²) >= 11 is 0. The van der Waals surface area contributed by atoms with Gasteiger partial charge in [-0.2, -0.15) is 0 Å². The van der Waals surface area contributed by atoms with E-state index in [1.165, 1.54) is 0 Å². The molecule has 60 valence electrons. The molecule has 0 amide bonds. The van der Waals surface area contributed by atoms with Crippen LogP contribution >= 0.6 is 0 Å². The fraction of sp³-hybridized carbons (Fsp3) is 0.556. The topological polar surface area (TPSA) is 18.5 Å². The minimum atomic E-state index is 0.149. The molecule has 2 nitrogen and oxygen atoms in total. The molecule has 0 aromatic rings. The quantitative estimate of drug-likeness (QED) is 0.489. The first-order valence-electron chi connectivity index (χ1n) is 3.96. The molecule has 0 aromatic heterocycles. The van der Waals surface area contributed by atoms with Crippen LogP contribution in [0.1, 0.15) is 6.92 Å². The molecular formula is C9H12O2. The van der Waals surface area contributed by atoms with Crippen LogP contribution in [-0.2, 0) is 9.47 Å². The summed E-state index contributed by atoms with van der Waals surface area (Å²) in [6.07, 6.45) is 8.77. The third-order valence-corrected chi connectivity index (χ3v) is 2.05. The van der Waals surface area contributed by atoms with Crippen LogP contribution in [-0.4, -0.2) is 19.0 Å². The normalized spacial score (nSPS) is 42.1. The van der Waals surface area contributed by atoms with Crippen molar-refractivity contribution < 1.29 is 9.47 Å². The lowest BCUT2D eigenvalue weighted by molar-refractivity contribution is 0.0498. The van der Waals surface area contributed by atoms with Crippen molar-refractivity contribution in [1.82, 2.24) is 0 Å². The predicted molar refractivity (Wildman–Crippen MR) is 42.1 cm³/mol.